The van der Waals surface area contributed by atoms with Crippen molar-refractivity contribution >= 4 is 34.6 Å². The molecule has 0 fully saturated rings. The predicted molar refractivity (Wildman–Crippen MR) is 154 cm³/mol. The van der Waals surface area contributed by atoms with E-state index in [1.807, 2.05) is 36.4 Å². The van der Waals surface area contributed by atoms with E-state index in [2.05, 4.69) is 77.3 Å². The molecule has 6 heteroatoms. The van der Waals surface area contributed by atoms with Gasteiger partial charge in [-0.25, -0.2) is 0 Å². The standard InChI is InChI=1S/C30H32ClN3OS/c1-22-9-12-25(23(2)18-22)20-33-16-5-7-28(33)21-34(17-15-24-10-13-26(31)14-11-24)30(36)32-27-6-4-8-29(19-27)35-3/h4-14,16,18-19H,15,17,20-21H2,1-3H3,(H,32,36). The molecule has 36 heavy (non-hydrogen) atoms. The van der Waals surface area contributed by atoms with Gasteiger partial charge in [0.15, 0.2) is 5.11 Å². The van der Waals surface area contributed by atoms with Gasteiger partial charge in [0, 0.05) is 41.8 Å². The highest BCUT2D eigenvalue weighted by Crippen LogP contribution is 2.20. The Balaban J connectivity index is 1.53. The summed E-state index contributed by atoms with van der Waals surface area (Å²) in [5.74, 6) is 0.790. The van der Waals surface area contributed by atoms with Gasteiger partial charge in [0.2, 0.25) is 0 Å². The molecule has 0 saturated carbocycles. The van der Waals surface area contributed by atoms with Crippen LogP contribution in [0.15, 0.2) is 85.1 Å². The van der Waals surface area contributed by atoms with Crippen molar-refractivity contribution < 1.29 is 4.74 Å². The highest BCUT2D eigenvalue weighted by atomic mass is 35.5. The molecule has 0 atom stereocenters. The third kappa shape index (κ3) is 6.90. The fourth-order valence-electron chi connectivity index (χ4n) is 4.22. The largest absolute Gasteiger partial charge is 0.497 e. The smallest absolute Gasteiger partial charge is 0.173 e. The SMILES string of the molecule is COc1cccc(NC(=S)N(CCc2ccc(Cl)cc2)Cc2cccn2Cc2ccc(C)cc2C)c1. The van der Waals surface area contributed by atoms with Crippen LogP contribution >= 0.6 is 23.8 Å². The predicted octanol–water partition coefficient (Wildman–Crippen LogP) is 7.26. The minimum absolute atomic E-state index is 0.677. The third-order valence-electron chi connectivity index (χ3n) is 6.31. The average molecular weight is 518 g/mol. The van der Waals surface area contributed by atoms with Crippen LogP contribution < -0.4 is 10.1 Å². The van der Waals surface area contributed by atoms with Crippen LogP contribution in [0.3, 0.4) is 0 Å². The quantitative estimate of drug-likeness (QED) is 0.237. The summed E-state index contributed by atoms with van der Waals surface area (Å²) in [5.41, 5.74) is 7.25. The van der Waals surface area contributed by atoms with Crippen molar-refractivity contribution in [1.82, 2.24) is 9.47 Å². The molecule has 1 N–H and O–H groups in total. The molecule has 0 radical (unpaired) electrons. The second-order valence-corrected chi connectivity index (χ2v) is 9.84. The Morgan fingerprint density at radius 1 is 1.00 bits per heavy atom. The van der Waals surface area contributed by atoms with Gasteiger partial charge in [-0.2, -0.15) is 0 Å². The van der Waals surface area contributed by atoms with Crippen molar-refractivity contribution in [3.8, 4) is 5.75 Å². The molecular formula is C30H32ClN3OS. The first-order valence-electron chi connectivity index (χ1n) is 12.1. The molecule has 0 spiro atoms. The number of thiocarbonyl (C=S) groups is 1. The van der Waals surface area contributed by atoms with E-state index in [0.29, 0.717) is 11.7 Å². The van der Waals surface area contributed by atoms with Crippen molar-refractivity contribution in [2.45, 2.75) is 33.4 Å². The highest BCUT2D eigenvalue weighted by molar-refractivity contribution is 7.80. The summed E-state index contributed by atoms with van der Waals surface area (Å²) in [5, 5.41) is 4.83. The van der Waals surface area contributed by atoms with Gasteiger partial charge in [0.25, 0.3) is 0 Å². The van der Waals surface area contributed by atoms with Crippen LogP contribution in [0.2, 0.25) is 5.02 Å². The number of hydrogen-bond donors (Lipinski definition) is 1. The molecule has 4 nitrogen and oxygen atoms in total. The molecule has 3 aromatic carbocycles. The molecule has 0 aliphatic heterocycles. The van der Waals surface area contributed by atoms with Crippen molar-refractivity contribution in [2.75, 3.05) is 19.0 Å². The van der Waals surface area contributed by atoms with Gasteiger partial charge in [-0.1, -0.05) is 53.6 Å². The highest BCUT2D eigenvalue weighted by Gasteiger charge is 2.14. The maximum atomic E-state index is 6.08. The number of anilines is 1. The van der Waals surface area contributed by atoms with Crippen molar-refractivity contribution in [2.24, 2.45) is 0 Å². The van der Waals surface area contributed by atoms with Crippen LogP contribution in [0, 0.1) is 13.8 Å². The van der Waals surface area contributed by atoms with Crippen molar-refractivity contribution in [1.29, 1.82) is 0 Å². The van der Waals surface area contributed by atoms with Gasteiger partial charge < -0.3 is 19.5 Å². The van der Waals surface area contributed by atoms with Gasteiger partial charge in [-0.3, -0.25) is 0 Å². The van der Waals surface area contributed by atoms with Gasteiger partial charge in [0.1, 0.15) is 5.75 Å². The fraction of sp³-hybridized carbons (Fsp3) is 0.233. The molecule has 186 valence electrons. The van der Waals surface area contributed by atoms with E-state index in [-0.39, 0.29) is 0 Å². The molecule has 0 amide bonds. The van der Waals surface area contributed by atoms with E-state index in [1.165, 1.54) is 27.9 Å². The van der Waals surface area contributed by atoms with E-state index in [1.54, 1.807) is 7.11 Å². The summed E-state index contributed by atoms with van der Waals surface area (Å²) < 4.78 is 7.68. The number of methoxy groups -OCH3 is 1. The Morgan fingerprint density at radius 2 is 1.81 bits per heavy atom. The third-order valence-corrected chi connectivity index (χ3v) is 6.92. The first kappa shape index (κ1) is 25.8. The van der Waals surface area contributed by atoms with E-state index in [4.69, 9.17) is 28.6 Å². The van der Waals surface area contributed by atoms with Crippen molar-refractivity contribution in [3.63, 3.8) is 0 Å². The zero-order chi connectivity index (χ0) is 25.5. The normalized spacial score (nSPS) is 10.8. The number of ether oxygens (including phenoxy) is 1. The topological polar surface area (TPSA) is 29.4 Å². The summed E-state index contributed by atoms with van der Waals surface area (Å²) in [4.78, 5) is 2.22. The van der Waals surface area contributed by atoms with E-state index in [0.717, 1.165) is 36.0 Å². The van der Waals surface area contributed by atoms with Gasteiger partial charge in [-0.15, -0.1) is 0 Å². The lowest BCUT2D eigenvalue weighted by molar-refractivity contribution is 0.409. The molecule has 0 aliphatic carbocycles. The molecular weight excluding hydrogens is 486 g/mol. The molecule has 1 heterocycles. The molecule has 0 aliphatic rings. The Morgan fingerprint density at radius 3 is 2.56 bits per heavy atom. The first-order valence-corrected chi connectivity index (χ1v) is 12.8. The van der Waals surface area contributed by atoms with Gasteiger partial charge >= 0.3 is 0 Å². The van der Waals surface area contributed by atoms with Crippen LogP contribution in [0.1, 0.15) is 27.9 Å². The number of benzene rings is 3. The maximum absolute atomic E-state index is 6.08. The van der Waals surface area contributed by atoms with E-state index in [9.17, 15) is 0 Å². The van der Waals surface area contributed by atoms with Gasteiger partial charge in [-0.05, 0) is 85.6 Å². The van der Waals surface area contributed by atoms with Crippen LogP contribution in [0.25, 0.3) is 0 Å². The lowest BCUT2D eigenvalue weighted by Gasteiger charge is -2.27. The zero-order valence-electron chi connectivity index (χ0n) is 21.0. The summed E-state index contributed by atoms with van der Waals surface area (Å²) in [6.45, 7) is 6.60. The average Bonchev–Trinajstić information content (AvgIpc) is 3.31. The fourth-order valence-corrected chi connectivity index (χ4v) is 4.62. The number of rotatable bonds is 9. The monoisotopic (exact) mass is 517 g/mol. The van der Waals surface area contributed by atoms with E-state index >= 15 is 0 Å². The molecule has 1 aromatic heterocycles. The lowest BCUT2D eigenvalue weighted by Crippen LogP contribution is -2.36. The minimum atomic E-state index is 0.677. The number of nitrogens with zero attached hydrogens (tertiary/aromatic N) is 2. The van der Waals surface area contributed by atoms with Crippen LogP contribution in [-0.2, 0) is 19.5 Å². The van der Waals surface area contributed by atoms with Crippen LogP contribution in [0.4, 0.5) is 5.69 Å². The molecule has 0 unspecified atom stereocenters. The molecule has 0 saturated heterocycles. The second kappa shape index (κ2) is 12.1. The summed E-state index contributed by atoms with van der Waals surface area (Å²) in [7, 11) is 1.67. The molecule has 0 bridgehead atoms. The number of aryl methyl sites for hydroxylation is 2. The second-order valence-electron chi connectivity index (χ2n) is 9.02. The Bertz CT molecular complexity index is 1320. The summed E-state index contributed by atoms with van der Waals surface area (Å²) >= 11 is 12.0. The minimum Gasteiger partial charge on any atom is -0.497 e. The summed E-state index contributed by atoms with van der Waals surface area (Å²) in [6.07, 6.45) is 3.00. The zero-order valence-corrected chi connectivity index (χ0v) is 22.6. The maximum Gasteiger partial charge on any atom is 0.173 e. The Kier molecular flexibility index (Phi) is 8.68. The number of halogens is 1. The van der Waals surface area contributed by atoms with Crippen LogP contribution in [-0.4, -0.2) is 28.2 Å². The first-order chi connectivity index (χ1) is 17.4. The number of nitrogens with one attached hydrogen (secondary N) is 1. The van der Waals surface area contributed by atoms with Crippen LogP contribution in [0.5, 0.6) is 5.75 Å². The molecule has 4 aromatic rings. The van der Waals surface area contributed by atoms with Crippen molar-refractivity contribution in [3.05, 3.63) is 118 Å². The summed E-state index contributed by atoms with van der Waals surface area (Å²) in [6, 6.07) is 26.8. The Labute approximate surface area is 224 Å². The number of hydrogen-bond acceptors (Lipinski definition) is 2. The number of aromatic nitrogens is 1. The molecule has 4 rings (SSSR count). The van der Waals surface area contributed by atoms with Gasteiger partial charge in [0.05, 0.1) is 13.7 Å². The lowest BCUT2D eigenvalue weighted by atomic mass is 10.1. The van der Waals surface area contributed by atoms with E-state index < -0.39 is 0 Å². The Hall–Kier alpha value is -3.28.